The summed E-state index contributed by atoms with van der Waals surface area (Å²) < 4.78 is 5.42. The molecule has 1 fully saturated rings. The second kappa shape index (κ2) is 4.58. The molecule has 0 aliphatic carbocycles. The van der Waals surface area contributed by atoms with Gasteiger partial charge in [0.2, 0.25) is 0 Å². The first-order valence-electron chi connectivity index (χ1n) is 6.22. The molecule has 16 heavy (non-hydrogen) atoms. The molecule has 0 atom stereocenters. The predicted octanol–water partition coefficient (Wildman–Crippen LogP) is 2.51. The molecule has 0 aromatic carbocycles. The van der Waals surface area contributed by atoms with Crippen molar-refractivity contribution in [2.24, 2.45) is 5.92 Å². The van der Waals surface area contributed by atoms with Crippen LogP contribution in [0.1, 0.15) is 44.9 Å². The summed E-state index contributed by atoms with van der Waals surface area (Å²) in [6, 6.07) is 0. The van der Waals surface area contributed by atoms with Gasteiger partial charge in [-0.15, -0.1) is 0 Å². The highest BCUT2D eigenvalue weighted by Crippen LogP contribution is 2.28. The van der Waals surface area contributed by atoms with Crippen LogP contribution in [-0.4, -0.2) is 18.2 Å². The summed E-state index contributed by atoms with van der Waals surface area (Å²) in [5, 5.41) is 7.36. The molecule has 2 rings (SSSR count). The third-order valence-electron chi connectivity index (χ3n) is 3.39. The quantitative estimate of drug-likeness (QED) is 0.835. The maximum absolute atomic E-state index is 5.42. The number of piperidine rings is 1. The van der Waals surface area contributed by atoms with Gasteiger partial charge in [0.25, 0.3) is 0 Å². The third kappa shape index (κ3) is 2.64. The van der Waals surface area contributed by atoms with E-state index in [1.54, 1.807) is 0 Å². The van der Waals surface area contributed by atoms with Crippen molar-refractivity contribution in [3.05, 3.63) is 17.5 Å². The first-order chi connectivity index (χ1) is 7.57. The van der Waals surface area contributed by atoms with Gasteiger partial charge in [-0.2, -0.15) is 0 Å². The largest absolute Gasteiger partial charge is 0.361 e. The molecule has 1 saturated heterocycles. The number of aromatic nitrogens is 1. The molecule has 0 amide bonds. The van der Waals surface area contributed by atoms with Gasteiger partial charge < -0.3 is 9.84 Å². The summed E-state index contributed by atoms with van der Waals surface area (Å²) in [5.74, 6) is 1.86. The standard InChI is InChI=1S/C13H22N2O/c1-13(2,3)11-9-15-16-12(11)8-10-4-6-14-7-5-10/h9-10,14H,4-8H2,1-3H3. The summed E-state index contributed by atoms with van der Waals surface area (Å²) in [5.41, 5.74) is 1.41. The summed E-state index contributed by atoms with van der Waals surface area (Å²) in [6.45, 7) is 8.93. The van der Waals surface area contributed by atoms with Crippen LogP contribution >= 0.6 is 0 Å². The van der Waals surface area contributed by atoms with E-state index in [-0.39, 0.29) is 5.41 Å². The first kappa shape index (κ1) is 11.6. The minimum atomic E-state index is 0.141. The van der Waals surface area contributed by atoms with Gasteiger partial charge in [0.1, 0.15) is 5.76 Å². The Morgan fingerprint density at radius 3 is 2.69 bits per heavy atom. The number of nitrogens with one attached hydrogen (secondary N) is 1. The van der Waals surface area contributed by atoms with E-state index in [2.05, 4.69) is 31.2 Å². The van der Waals surface area contributed by atoms with Crippen LogP contribution in [0, 0.1) is 5.92 Å². The van der Waals surface area contributed by atoms with Crippen LogP contribution in [-0.2, 0) is 11.8 Å². The zero-order chi connectivity index (χ0) is 11.6. The highest BCUT2D eigenvalue weighted by molar-refractivity contribution is 5.22. The molecule has 0 saturated carbocycles. The number of rotatable bonds is 2. The minimum absolute atomic E-state index is 0.141. The fourth-order valence-corrected chi connectivity index (χ4v) is 2.37. The first-order valence-corrected chi connectivity index (χ1v) is 6.22. The SMILES string of the molecule is CC(C)(C)c1cnoc1CC1CCNCC1. The number of hydrogen-bond donors (Lipinski definition) is 1. The van der Waals surface area contributed by atoms with E-state index < -0.39 is 0 Å². The van der Waals surface area contributed by atoms with Gasteiger partial charge in [-0.05, 0) is 37.3 Å². The van der Waals surface area contributed by atoms with E-state index in [1.807, 2.05) is 6.20 Å². The Morgan fingerprint density at radius 1 is 1.38 bits per heavy atom. The van der Waals surface area contributed by atoms with E-state index in [0.29, 0.717) is 0 Å². The Labute approximate surface area is 97.6 Å². The third-order valence-corrected chi connectivity index (χ3v) is 3.39. The molecule has 90 valence electrons. The van der Waals surface area contributed by atoms with Crippen LogP contribution in [0.2, 0.25) is 0 Å². The van der Waals surface area contributed by atoms with Gasteiger partial charge in [0.15, 0.2) is 0 Å². The zero-order valence-electron chi connectivity index (χ0n) is 10.5. The van der Waals surface area contributed by atoms with E-state index in [0.717, 1.165) is 31.2 Å². The van der Waals surface area contributed by atoms with Gasteiger partial charge in [-0.25, -0.2) is 0 Å². The maximum Gasteiger partial charge on any atom is 0.140 e. The molecule has 1 aromatic rings. The maximum atomic E-state index is 5.42. The highest BCUT2D eigenvalue weighted by Gasteiger charge is 2.24. The van der Waals surface area contributed by atoms with Gasteiger partial charge in [-0.3, -0.25) is 0 Å². The van der Waals surface area contributed by atoms with Crippen LogP contribution in [0.5, 0.6) is 0 Å². The summed E-state index contributed by atoms with van der Waals surface area (Å²) in [4.78, 5) is 0. The summed E-state index contributed by atoms with van der Waals surface area (Å²) in [7, 11) is 0. The molecule has 0 spiro atoms. The Morgan fingerprint density at radius 2 is 2.06 bits per heavy atom. The van der Waals surface area contributed by atoms with Crippen LogP contribution in [0.3, 0.4) is 0 Å². The fraction of sp³-hybridized carbons (Fsp3) is 0.769. The van der Waals surface area contributed by atoms with Crippen molar-refractivity contribution >= 4 is 0 Å². The zero-order valence-corrected chi connectivity index (χ0v) is 10.5. The van der Waals surface area contributed by atoms with Crippen molar-refractivity contribution in [1.29, 1.82) is 0 Å². The molecule has 2 heterocycles. The van der Waals surface area contributed by atoms with Crippen molar-refractivity contribution in [3.63, 3.8) is 0 Å². The van der Waals surface area contributed by atoms with E-state index in [9.17, 15) is 0 Å². The average Bonchev–Trinajstić information content (AvgIpc) is 2.67. The monoisotopic (exact) mass is 222 g/mol. The summed E-state index contributed by atoms with van der Waals surface area (Å²) >= 11 is 0. The lowest BCUT2D eigenvalue weighted by molar-refractivity contribution is 0.314. The second-order valence-electron chi connectivity index (χ2n) is 5.81. The second-order valence-corrected chi connectivity index (χ2v) is 5.81. The van der Waals surface area contributed by atoms with Gasteiger partial charge in [-0.1, -0.05) is 25.9 Å². The smallest absolute Gasteiger partial charge is 0.140 e. The van der Waals surface area contributed by atoms with Crippen LogP contribution < -0.4 is 5.32 Å². The van der Waals surface area contributed by atoms with Crippen LogP contribution in [0.4, 0.5) is 0 Å². The van der Waals surface area contributed by atoms with E-state index in [1.165, 1.54) is 18.4 Å². The fourth-order valence-electron chi connectivity index (χ4n) is 2.37. The van der Waals surface area contributed by atoms with Crippen molar-refractivity contribution < 1.29 is 4.52 Å². The number of hydrogen-bond acceptors (Lipinski definition) is 3. The molecule has 1 aliphatic heterocycles. The molecule has 1 aromatic heterocycles. The van der Waals surface area contributed by atoms with Gasteiger partial charge >= 0.3 is 0 Å². The highest BCUT2D eigenvalue weighted by atomic mass is 16.5. The van der Waals surface area contributed by atoms with Crippen LogP contribution in [0.25, 0.3) is 0 Å². The van der Waals surface area contributed by atoms with E-state index >= 15 is 0 Å². The normalized spacial score (nSPS) is 18.9. The average molecular weight is 222 g/mol. The summed E-state index contributed by atoms with van der Waals surface area (Å²) in [6.07, 6.45) is 5.44. The van der Waals surface area contributed by atoms with Crippen molar-refractivity contribution in [3.8, 4) is 0 Å². The Kier molecular flexibility index (Phi) is 3.33. The molecule has 1 N–H and O–H groups in total. The van der Waals surface area contributed by atoms with Crippen LogP contribution in [0.15, 0.2) is 10.7 Å². The molecular formula is C13H22N2O. The lowest BCUT2D eigenvalue weighted by atomic mass is 9.84. The lowest BCUT2D eigenvalue weighted by Crippen LogP contribution is -2.29. The Balaban J connectivity index is 2.06. The Bertz CT molecular complexity index is 332. The molecule has 0 bridgehead atoms. The molecule has 3 heteroatoms. The molecule has 0 unspecified atom stereocenters. The Hall–Kier alpha value is -0.830. The molecule has 1 aliphatic rings. The molecule has 3 nitrogen and oxygen atoms in total. The topological polar surface area (TPSA) is 38.1 Å². The predicted molar refractivity (Wildman–Crippen MR) is 64.5 cm³/mol. The van der Waals surface area contributed by atoms with E-state index in [4.69, 9.17) is 4.52 Å². The lowest BCUT2D eigenvalue weighted by Gasteiger charge is -2.23. The molecular weight excluding hydrogens is 200 g/mol. The molecule has 0 radical (unpaired) electrons. The minimum Gasteiger partial charge on any atom is -0.361 e. The van der Waals surface area contributed by atoms with Crippen molar-refractivity contribution in [1.82, 2.24) is 10.5 Å². The van der Waals surface area contributed by atoms with Crippen molar-refractivity contribution in [2.45, 2.75) is 45.4 Å². The van der Waals surface area contributed by atoms with Gasteiger partial charge in [0.05, 0.1) is 6.20 Å². The number of nitrogens with zero attached hydrogens (tertiary/aromatic N) is 1. The van der Waals surface area contributed by atoms with Crippen molar-refractivity contribution in [2.75, 3.05) is 13.1 Å². The van der Waals surface area contributed by atoms with Gasteiger partial charge in [0, 0.05) is 12.0 Å².